The number of carboxylic acids is 1. The molecule has 0 saturated heterocycles. The lowest BCUT2D eigenvalue weighted by Gasteiger charge is -2.27. The number of nitrogens with one attached hydrogen (secondary N) is 1. The monoisotopic (exact) mass is 305 g/mol. The first-order valence-corrected chi connectivity index (χ1v) is 8.38. The molecular weight excluding hydrogens is 286 g/mol. The lowest BCUT2D eigenvalue weighted by Crippen LogP contribution is -2.41. The van der Waals surface area contributed by atoms with Gasteiger partial charge in [0.2, 0.25) is 5.91 Å². The van der Waals surface area contributed by atoms with Crippen molar-refractivity contribution >= 4 is 23.6 Å². The van der Waals surface area contributed by atoms with Gasteiger partial charge in [0.05, 0.1) is 11.8 Å². The minimum atomic E-state index is -0.708. The highest BCUT2D eigenvalue weighted by Gasteiger charge is 2.32. The molecule has 4 nitrogen and oxygen atoms in total. The van der Waals surface area contributed by atoms with Crippen LogP contribution in [0.25, 0.3) is 0 Å². The van der Waals surface area contributed by atoms with Gasteiger partial charge in [0.1, 0.15) is 0 Å². The molecule has 1 fully saturated rings. The molecule has 3 rings (SSSR count). The zero-order valence-corrected chi connectivity index (χ0v) is 12.6. The Hall–Kier alpha value is -1.49. The summed E-state index contributed by atoms with van der Waals surface area (Å²) < 4.78 is 0. The Morgan fingerprint density at radius 2 is 1.86 bits per heavy atom. The maximum atomic E-state index is 12.5. The Morgan fingerprint density at radius 1 is 1.14 bits per heavy atom. The van der Waals surface area contributed by atoms with Crippen molar-refractivity contribution in [3.05, 3.63) is 29.8 Å². The van der Waals surface area contributed by atoms with Crippen molar-refractivity contribution < 1.29 is 14.7 Å². The van der Waals surface area contributed by atoms with Gasteiger partial charge < -0.3 is 10.4 Å². The average Bonchev–Trinajstić information content (AvgIpc) is 2.92. The SMILES string of the molecule is O=C(O)C1CCC(NC(=O)[C@@H]2CSc3ccccc32)CC1. The molecule has 0 aromatic heterocycles. The highest BCUT2D eigenvalue weighted by Crippen LogP contribution is 2.39. The summed E-state index contributed by atoms with van der Waals surface area (Å²) in [6.07, 6.45) is 2.86. The summed E-state index contributed by atoms with van der Waals surface area (Å²) >= 11 is 1.73. The first-order valence-electron chi connectivity index (χ1n) is 7.40. The summed E-state index contributed by atoms with van der Waals surface area (Å²) in [5, 5.41) is 12.1. The van der Waals surface area contributed by atoms with Crippen molar-refractivity contribution in [2.24, 2.45) is 5.92 Å². The number of fused-ring (bicyclic) bond motifs is 1. The van der Waals surface area contributed by atoms with Crippen LogP contribution in [0.5, 0.6) is 0 Å². The highest BCUT2D eigenvalue weighted by atomic mass is 32.2. The fourth-order valence-electron chi connectivity index (χ4n) is 3.17. The van der Waals surface area contributed by atoms with Gasteiger partial charge in [-0.25, -0.2) is 0 Å². The van der Waals surface area contributed by atoms with Crippen molar-refractivity contribution in [2.45, 2.75) is 42.5 Å². The number of hydrogen-bond acceptors (Lipinski definition) is 3. The van der Waals surface area contributed by atoms with Crippen LogP contribution >= 0.6 is 11.8 Å². The van der Waals surface area contributed by atoms with E-state index in [0.717, 1.165) is 24.2 Å². The number of carbonyl (C=O) groups excluding carboxylic acids is 1. The van der Waals surface area contributed by atoms with Gasteiger partial charge in [-0.05, 0) is 37.3 Å². The lowest BCUT2D eigenvalue weighted by atomic mass is 9.86. The summed E-state index contributed by atoms with van der Waals surface area (Å²) in [5.41, 5.74) is 1.12. The normalized spacial score (nSPS) is 27.9. The molecule has 5 heteroatoms. The third-order valence-corrected chi connectivity index (χ3v) is 5.62. The molecule has 0 spiro atoms. The molecule has 1 heterocycles. The second kappa shape index (κ2) is 6.10. The molecule has 1 amide bonds. The molecule has 0 unspecified atom stereocenters. The number of thioether (sulfide) groups is 1. The standard InChI is InChI=1S/C16H19NO3S/c18-15(13-9-21-14-4-2-1-3-12(13)14)17-11-7-5-10(6-8-11)16(19)20/h1-4,10-11,13H,5-9H2,(H,17,18)(H,19,20)/t10?,11?,13-/m1/s1. The van der Waals surface area contributed by atoms with E-state index in [-0.39, 0.29) is 23.8 Å². The summed E-state index contributed by atoms with van der Waals surface area (Å²) in [6, 6.07) is 8.19. The largest absolute Gasteiger partial charge is 0.481 e. The topological polar surface area (TPSA) is 66.4 Å². The Labute approximate surface area is 128 Å². The van der Waals surface area contributed by atoms with Gasteiger partial charge in [-0.3, -0.25) is 9.59 Å². The number of aliphatic carboxylic acids is 1. The van der Waals surface area contributed by atoms with Gasteiger partial charge in [0, 0.05) is 16.7 Å². The van der Waals surface area contributed by atoms with Crippen molar-refractivity contribution in [2.75, 3.05) is 5.75 Å². The molecule has 2 N–H and O–H groups in total. The number of carboxylic acid groups (broad SMARTS) is 1. The van der Waals surface area contributed by atoms with Crippen molar-refractivity contribution in [3.8, 4) is 0 Å². The van der Waals surface area contributed by atoms with Gasteiger partial charge in [0.15, 0.2) is 0 Å². The Kier molecular flexibility index (Phi) is 4.19. The first kappa shape index (κ1) is 14.4. The van der Waals surface area contributed by atoms with Crippen molar-refractivity contribution in [1.82, 2.24) is 5.32 Å². The number of carbonyl (C=O) groups is 2. The second-order valence-corrected chi connectivity index (χ2v) is 6.86. The minimum Gasteiger partial charge on any atom is -0.481 e. The molecule has 1 aromatic rings. The average molecular weight is 305 g/mol. The third-order valence-electron chi connectivity index (χ3n) is 4.44. The number of rotatable bonds is 3. The van der Waals surface area contributed by atoms with Crippen molar-refractivity contribution in [1.29, 1.82) is 0 Å². The molecule has 0 radical (unpaired) electrons. The van der Waals surface area contributed by atoms with Gasteiger partial charge in [0.25, 0.3) is 0 Å². The van der Waals surface area contributed by atoms with Crippen LogP contribution in [-0.4, -0.2) is 28.8 Å². The van der Waals surface area contributed by atoms with E-state index in [2.05, 4.69) is 11.4 Å². The molecule has 21 heavy (non-hydrogen) atoms. The summed E-state index contributed by atoms with van der Waals surface area (Å²) in [5.74, 6) is -0.119. The zero-order valence-electron chi connectivity index (χ0n) is 11.7. The van der Waals surface area contributed by atoms with Crippen LogP contribution in [-0.2, 0) is 9.59 Å². The van der Waals surface area contributed by atoms with Crippen LogP contribution in [0.3, 0.4) is 0 Å². The molecule has 1 aliphatic carbocycles. The van der Waals surface area contributed by atoms with E-state index in [4.69, 9.17) is 5.11 Å². The molecule has 1 saturated carbocycles. The van der Waals surface area contributed by atoms with E-state index in [1.165, 1.54) is 4.90 Å². The van der Waals surface area contributed by atoms with Gasteiger partial charge in [-0.1, -0.05) is 18.2 Å². The maximum Gasteiger partial charge on any atom is 0.306 e. The maximum absolute atomic E-state index is 12.5. The van der Waals surface area contributed by atoms with Crippen LogP contribution < -0.4 is 5.32 Å². The predicted molar refractivity (Wildman–Crippen MR) is 81.4 cm³/mol. The fourth-order valence-corrected chi connectivity index (χ4v) is 4.40. The van der Waals surface area contributed by atoms with Crippen LogP contribution in [0.15, 0.2) is 29.2 Å². The Bertz CT molecular complexity index is 552. The minimum absolute atomic E-state index is 0.0663. The van der Waals surface area contributed by atoms with Crippen molar-refractivity contribution in [3.63, 3.8) is 0 Å². The molecule has 1 aliphatic heterocycles. The molecule has 2 aliphatic rings. The number of benzene rings is 1. The zero-order chi connectivity index (χ0) is 14.8. The van der Waals surface area contributed by atoms with Crippen LogP contribution in [0.4, 0.5) is 0 Å². The van der Waals surface area contributed by atoms with E-state index in [0.29, 0.717) is 12.8 Å². The van der Waals surface area contributed by atoms with E-state index in [1.807, 2.05) is 18.2 Å². The lowest BCUT2D eigenvalue weighted by molar-refractivity contribution is -0.142. The first-order chi connectivity index (χ1) is 10.1. The van der Waals surface area contributed by atoms with E-state index in [9.17, 15) is 9.59 Å². The van der Waals surface area contributed by atoms with Crippen LogP contribution in [0.2, 0.25) is 0 Å². The van der Waals surface area contributed by atoms with E-state index >= 15 is 0 Å². The van der Waals surface area contributed by atoms with Gasteiger partial charge in [-0.2, -0.15) is 0 Å². The predicted octanol–water partition coefficient (Wildman–Crippen LogP) is 2.64. The molecule has 1 atom stereocenters. The number of amides is 1. The Morgan fingerprint density at radius 3 is 2.57 bits per heavy atom. The van der Waals surface area contributed by atoms with E-state index < -0.39 is 5.97 Å². The summed E-state index contributed by atoms with van der Waals surface area (Å²) in [6.45, 7) is 0. The highest BCUT2D eigenvalue weighted by molar-refractivity contribution is 7.99. The second-order valence-electron chi connectivity index (χ2n) is 5.80. The van der Waals surface area contributed by atoms with Crippen LogP contribution in [0, 0.1) is 5.92 Å². The van der Waals surface area contributed by atoms with Gasteiger partial charge in [-0.15, -0.1) is 11.8 Å². The molecule has 1 aromatic carbocycles. The smallest absolute Gasteiger partial charge is 0.306 e. The van der Waals surface area contributed by atoms with Crippen LogP contribution in [0.1, 0.15) is 37.2 Å². The number of hydrogen-bond donors (Lipinski definition) is 2. The Balaban J connectivity index is 1.57. The summed E-state index contributed by atoms with van der Waals surface area (Å²) in [4.78, 5) is 24.6. The van der Waals surface area contributed by atoms with E-state index in [1.54, 1.807) is 11.8 Å². The molecule has 112 valence electrons. The molecular formula is C16H19NO3S. The quantitative estimate of drug-likeness (QED) is 0.901. The molecule has 0 bridgehead atoms. The van der Waals surface area contributed by atoms with Gasteiger partial charge >= 0.3 is 5.97 Å². The summed E-state index contributed by atoms with van der Waals surface area (Å²) in [7, 11) is 0. The third kappa shape index (κ3) is 3.07. The fraction of sp³-hybridized carbons (Fsp3) is 0.500.